The summed E-state index contributed by atoms with van der Waals surface area (Å²) in [5.74, 6) is 0.690. The molecule has 0 aliphatic carbocycles. The third kappa shape index (κ3) is 2.81. The third-order valence-corrected chi connectivity index (χ3v) is 3.44. The molecule has 3 rings (SSSR count). The largest absolute Gasteiger partial charge is 0.266 e. The average molecular weight is 324 g/mol. The number of sulfonamides is 1. The van der Waals surface area contributed by atoms with Crippen molar-refractivity contribution in [3.63, 3.8) is 0 Å². The van der Waals surface area contributed by atoms with Crippen molar-refractivity contribution in [2.45, 2.75) is 0 Å². The summed E-state index contributed by atoms with van der Waals surface area (Å²) in [6, 6.07) is 8.85. The first-order valence-corrected chi connectivity index (χ1v) is 8.15. The molecule has 0 aliphatic heterocycles. The minimum atomic E-state index is -3.43. The quantitative estimate of drug-likeness (QED) is 0.743. The van der Waals surface area contributed by atoms with Crippen molar-refractivity contribution >= 4 is 38.3 Å². The van der Waals surface area contributed by atoms with Gasteiger partial charge >= 0.3 is 0 Å². The van der Waals surface area contributed by atoms with Crippen LogP contribution < -0.4 is 4.72 Å². The lowest BCUT2D eigenvalue weighted by molar-refractivity contribution is 0.606. The van der Waals surface area contributed by atoms with Gasteiger partial charge in [-0.05, 0) is 23.7 Å². The van der Waals surface area contributed by atoms with E-state index in [9.17, 15) is 8.42 Å². The Labute approximate surface area is 125 Å². The van der Waals surface area contributed by atoms with Crippen molar-refractivity contribution in [2.75, 3.05) is 11.0 Å². The lowest BCUT2D eigenvalue weighted by Crippen LogP contribution is -2.10. The van der Waals surface area contributed by atoms with Gasteiger partial charge in [-0.2, -0.15) is 4.98 Å². The van der Waals surface area contributed by atoms with E-state index in [1.54, 1.807) is 18.2 Å². The van der Waals surface area contributed by atoms with E-state index >= 15 is 0 Å². The molecule has 0 saturated heterocycles. The zero-order valence-electron chi connectivity index (χ0n) is 10.9. The Morgan fingerprint density at radius 2 is 2.00 bits per heavy atom. The van der Waals surface area contributed by atoms with E-state index in [2.05, 4.69) is 19.8 Å². The number of hydrogen-bond acceptors (Lipinski definition) is 5. The Kier molecular flexibility index (Phi) is 3.26. The molecule has 0 bridgehead atoms. The molecule has 1 N–H and O–H groups in total. The highest BCUT2D eigenvalue weighted by molar-refractivity contribution is 7.92. The van der Waals surface area contributed by atoms with E-state index in [0.29, 0.717) is 16.7 Å². The Morgan fingerprint density at radius 3 is 2.71 bits per heavy atom. The summed E-state index contributed by atoms with van der Waals surface area (Å²) in [5.41, 5.74) is 0.707. The van der Waals surface area contributed by atoms with Gasteiger partial charge < -0.3 is 0 Å². The van der Waals surface area contributed by atoms with E-state index in [4.69, 9.17) is 11.6 Å². The average Bonchev–Trinajstić information content (AvgIpc) is 2.76. The summed E-state index contributed by atoms with van der Waals surface area (Å²) in [7, 11) is -3.43. The van der Waals surface area contributed by atoms with Crippen LogP contribution in [0.25, 0.3) is 16.7 Å². The minimum Gasteiger partial charge on any atom is -0.266 e. The number of rotatable bonds is 3. The second-order valence-electron chi connectivity index (χ2n) is 4.34. The van der Waals surface area contributed by atoms with Gasteiger partial charge in [0, 0.05) is 17.6 Å². The normalized spacial score (nSPS) is 11.7. The summed E-state index contributed by atoms with van der Waals surface area (Å²) >= 11 is 5.78. The van der Waals surface area contributed by atoms with E-state index in [1.807, 2.05) is 12.1 Å². The van der Waals surface area contributed by atoms with Gasteiger partial charge in [-0.15, -0.1) is 5.10 Å². The van der Waals surface area contributed by atoms with Crippen LogP contribution in [0.2, 0.25) is 5.28 Å². The number of nitrogens with zero attached hydrogens (tertiary/aromatic N) is 4. The highest BCUT2D eigenvalue weighted by Crippen LogP contribution is 2.25. The molecule has 7 nitrogen and oxygen atoms in total. The number of para-hydroxylation sites is 1. The highest BCUT2D eigenvalue weighted by Gasteiger charge is 2.15. The van der Waals surface area contributed by atoms with Gasteiger partial charge in [0.25, 0.3) is 0 Å². The molecule has 2 aromatic heterocycles. The number of hydrogen-bond donors (Lipinski definition) is 1. The number of fused-ring (bicyclic) bond motifs is 1. The molecule has 0 saturated carbocycles. The predicted octanol–water partition coefficient (Wildman–Crippen LogP) is 1.84. The third-order valence-electron chi connectivity index (χ3n) is 2.70. The summed E-state index contributed by atoms with van der Waals surface area (Å²) in [6.07, 6.45) is 2.58. The second-order valence-corrected chi connectivity index (χ2v) is 6.42. The molecule has 0 unspecified atom stereocenters. The first-order valence-electron chi connectivity index (χ1n) is 5.88. The number of benzene rings is 1. The number of aromatic nitrogens is 4. The Bertz CT molecular complexity index is 922. The van der Waals surface area contributed by atoms with E-state index in [-0.39, 0.29) is 11.1 Å². The van der Waals surface area contributed by atoms with Crippen LogP contribution in [0.4, 0.5) is 5.82 Å². The van der Waals surface area contributed by atoms with Crippen molar-refractivity contribution < 1.29 is 8.42 Å². The molecule has 0 amide bonds. The molecular weight excluding hydrogens is 314 g/mol. The van der Waals surface area contributed by atoms with Crippen molar-refractivity contribution in [3.05, 3.63) is 41.8 Å². The van der Waals surface area contributed by atoms with Gasteiger partial charge in [0.15, 0.2) is 11.6 Å². The fraction of sp³-hybridized carbons (Fsp3) is 0.0833. The molecular formula is C12H10ClN5O2S. The van der Waals surface area contributed by atoms with Gasteiger partial charge in [-0.3, -0.25) is 4.72 Å². The first-order chi connectivity index (χ1) is 9.94. The van der Waals surface area contributed by atoms with Crippen LogP contribution in [-0.2, 0) is 10.0 Å². The molecule has 21 heavy (non-hydrogen) atoms. The zero-order valence-corrected chi connectivity index (χ0v) is 12.4. The summed E-state index contributed by atoms with van der Waals surface area (Å²) < 4.78 is 26.8. The van der Waals surface area contributed by atoms with Gasteiger partial charge in [0.05, 0.1) is 11.8 Å². The van der Waals surface area contributed by atoms with Gasteiger partial charge in [-0.1, -0.05) is 12.1 Å². The van der Waals surface area contributed by atoms with Crippen LogP contribution in [0.1, 0.15) is 0 Å². The fourth-order valence-corrected chi connectivity index (χ4v) is 2.58. The molecule has 108 valence electrons. The standard InChI is InChI=1S/C12H10ClN5O2S/c1-21(19,20)17-11-8-4-2-3-5-9(8)18(16-11)10-6-7-14-12(13)15-10/h2-7H,1H3,(H,16,17). The van der Waals surface area contributed by atoms with Gasteiger partial charge in [0.2, 0.25) is 15.3 Å². The number of halogens is 1. The molecule has 2 heterocycles. The summed E-state index contributed by atoms with van der Waals surface area (Å²) in [4.78, 5) is 7.89. The lowest BCUT2D eigenvalue weighted by Gasteiger charge is -2.01. The zero-order chi connectivity index (χ0) is 15.0. The molecule has 0 radical (unpaired) electrons. The Morgan fingerprint density at radius 1 is 1.24 bits per heavy atom. The first kappa shape index (κ1) is 13.8. The molecule has 9 heteroatoms. The highest BCUT2D eigenvalue weighted by atomic mass is 35.5. The Hall–Kier alpha value is -2.19. The van der Waals surface area contributed by atoms with Gasteiger partial charge in [-0.25, -0.2) is 18.1 Å². The topological polar surface area (TPSA) is 89.8 Å². The molecule has 0 fully saturated rings. The SMILES string of the molecule is CS(=O)(=O)Nc1nn(-c2ccnc(Cl)n2)c2ccccc12. The van der Waals surface area contributed by atoms with Crippen LogP contribution in [0, 0.1) is 0 Å². The van der Waals surface area contributed by atoms with Crippen LogP contribution in [0.15, 0.2) is 36.5 Å². The minimum absolute atomic E-state index is 0.0877. The van der Waals surface area contributed by atoms with Crippen molar-refractivity contribution in [1.29, 1.82) is 0 Å². The van der Waals surface area contributed by atoms with E-state index < -0.39 is 10.0 Å². The van der Waals surface area contributed by atoms with E-state index in [1.165, 1.54) is 10.9 Å². The van der Waals surface area contributed by atoms with Gasteiger partial charge in [0.1, 0.15) is 0 Å². The van der Waals surface area contributed by atoms with Crippen molar-refractivity contribution in [3.8, 4) is 5.82 Å². The molecule has 0 atom stereocenters. The Balaban J connectivity index is 2.24. The second kappa shape index (κ2) is 4.97. The summed E-state index contributed by atoms with van der Waals surface area (Å²) in [5, 5.41) is 5.02. The van der Waals surface area contributed by atoms with Crippen LogP contribution in [0.3, 0.4) is 0 Å². The van der Waals surface area contributed by atoms with E-state index in [0.717, 1.165) is 6.26 Å². The lowest BCUT2D eigenvalue weighted by atomic mass is 10.2. The number of nitrogens with one attached hydrogen (secondary N) is 1. The maximum atomic E-state index is 11.4. The number of anilines is 1. The molecule has 3 aromatic rings. The molecule has 0 spiro atoms. The maximum Gasteiger partial charge on any atom is 0.231 e. The van der Waals surface area contributed by atoms with Crippen LogP contribution in [-0.4, -0.2) is 34.4 Å². The van der Waals surface area contributed by atoms with Crippen LogP contribution in [0.5, 0.6) is 0 Å². The molecule has 1 aromatic carbocycles. The smallest absolute Gasteiger partial charge is 0.231 e. The predicted molar refractivity (Wildman–Crippen MR) is 80.1 cm³/mol. The van der Waals surface area contributed by atoms with Crippen molar-refractivity contribution in [1.82, 2.24) is 19.7 Å². The summed E-state index contributed by atoms with van der Waals surface area (Å²) in [6.45, 7) is 0. The monoisotopic (exact) mass is 323 g/mol. The fourth-order valence-electron chi connectivity index (χ4n) is 1.94. The van der Waals surface area contributed by atoms with Crippen LogP contribution >= 0.6 is 11.6 Å². The maximum absolute atomic E-state index is 11.4. The van der Waals surface area contributed by atoms with Crippen molar-refractivity contribution in [2.24, 2.45) is 0 Å². The molecule has 0 aliphatic rings.